The van der Waals surface area contributed by atoms with Gasteiger partial charge < -0.3 is 4.84 Å². The minimum absolute atomic E-state index is 0.00797. The zero-order valence-corrected chi connectivity index (χ0v) is 15.0. The van der Waals surface area contributed by atoms with Crippen molar-refractivity contribution in [2.45, 2.75) is 20.3 Å². The largest absolute Gasteiger partial charge is 0.334 e. The lowest BCUT2D eigenvalue weighted by atomic mass is 9.82. The van der Waals surface area contributed by atoms with E-state index in [2.05, 4.69) is 0 Å². The second kappa shape index (κ2) is 6.36. The van der Waals surface area contributed by atoms with Gasteiger partial charge in [0.1, 0.15) is 0 Å². The maximum absolute atomic E-state index is 13.1. The molecule has 27 heavy (non-hydrogen) atoms. The summed E-state index contributed by atoms with van der Waals surface area (Å²) in [6, 6.07) is 16.7. The third-order valence-electron chi connectivity index (χ3n) is 4.70. The number of carbonyl (C=O) groups excluding carboxylic acids is 3. The van der Waals surface area contributed by atoms with E-state index in [-0.39, 0.29) is 5.78 Å². The molecule has 0 bridgehead atoms. The Balaban J connectivity index is 1.84. The molecule has 3 aromatic carbocycles. The van der Waals surface area contributed by atoms with Gasteiger partial charge in [0.05, 0.1) is 5.69 Å². The second-order valence-electron chi connectivity index (χ2n) is 6.56. The Labute approximate surface area is 156 Å². The molecule has 0 saturated carbocycles. The van der Waals surface area contributed by atoms with Gasteiger partial charge >= 0.3 is 5.97 Å². The van der Waals surface area contributed by atoms with Crippen LogP contribution in [0.4, 0.5) is 5.69 Å². The predicted molar refractivity (Wildman–Crippen MR) is 102 cm³/mol. The molecule has 5 heteroatoms. The molecule has 0 heterocycles. The van der Waals surface area contributed by atoms with Gasteiger partial charge in [-0.25, -0.2) is 4.79 Å². The number of nitrogens with zero attached hydrogens (tertiary/aromatic N) is 1. The van der Waals surface area contributed by atoms with Gasteiger partial charge in [-0.05, 0) is 40.5 Å². The summed E-state index contributed by atoms with van der Waals surface area (Å²) < 4.78 is 0. The first-order valence-corrected chi connectivity index (χ1v) is 8.63. The molecule has 4 rings (SSSR count). The van der Waals surface area contributed by atoms with Gasteiger partial charge in [0.25, 0.3) is 5.91 Å². The third kappa shape index (κ3) is 2.87. The highest BCUT2D eigenvalue weighted by Crippen LogP contribution is 2.34. The van der Waals surface area contributed by atoms with Crippen molar-refractivity contribution < 1.29 is 19.2 Å². The number of ketones is 1. The summed E-state index contributed by atoms with van der Waals surface area (Å²) in [6.07, 6.45) is 0.710. The van der Waals surface area contributed by atoms with Crippen LogP contribution in [0.25, 0.3) is 10.8 Å². The Bertz CT molecular complexity index is 1120. The smallest absolute Gasteiger partial charge is 0.330 e. The fourth-order valence-electron chi connectivity index (χ4n) is 3.57. The van der Waals surface area contributed by atoms with Crippen molar-refractivity contribution in [2.24, 2.45) is 0 Å². The van der Waals surface area contributed by atoms with Gasteiger partial charge in [-0.2, -0.15) is 0 Å². The summed E-state index contributed by atoms with van der Waals surface area (Å²) in [4.78, 5) is 41.2. The predicted octanol–water partition coefficient (Wildman–Crippen LogP) is 3.81. The van der Waals surface area contributed by atoms with E-state index in [1.165, 1.54) is 13.8 Å². The molecule has 0 aromatic heterocycles. The van der Waals surface area contributed by atoms with Crippen LogP contribution in [0.3, 0.4) is 0 Å². The molecule has 5 nitrogen and oxygen atoms in total. The summed E-state index contributed by atoms with van der Waals surface area (Å²) in [6.45, 7) is 2.56. The number of benzene rings is 3. The highest BCUT2D eigenvalue weighted by atomic mass is 16.7. The average molecular weight is 359 g/mol. The number of amides is 1. The van der Waals surface area contributed by atoms with Crippen LogP contribution >= 0.6 is 0 Å². The number of hydrogen-bond donors (Lipinski definition) is 0. The Morgan fingerprint density at radius 2 is 1.74 bits per heavy atom. The van der Waals surface area contributed by atoms with Crippen molar-refractivity contribution in [3.05, 3.63) is 76.9 Å². The summed E-state index contributed by atoms with van der Waals surface area (Å²) in [5, 5.41) is 2.58. The highest BCUT2D eigenvalue weighted by Gasteiger charge is 2.25. The quantitative estimate of drug-likeness (QED) is 0.485. The van der Waals surface area contributed by atoms with Crippen LogP contribution in [0.15, 0.2) is 54.6 Å². The molecule has 3 aromatic rings. The van der Waals surface area contributed by atoms with Crippen molar-refractivity contribution in [3.8, 4) is 0 Å². The molecule has 134 valence electrons. The Morgan fingerprint density at radius 1 is 0.963 bits per heavy atom. The van der Waals surface area contributed by atoms with Crippen LogP contribution in [-0.2, 0) is 20.8 Å². The highest BCUT2D eigenvalue weighted by molar-refractivity contribution is 6.19. The zero-order chi connectivity index (χ0) is 19.1. The van der Waals surface area contributed by atoms with Crippen molar-refractivity contribution in [1.29, 1.82) is 0 Å². The number of hydrogen-bond acceptors (Lipinski definition) is 4. The van der Waals surface area contributed by atoms with Gasteiger partial charge in [-0.1, -0.05) is 42.5 Å². The molecule has 0 atom stereocenters. The minimum Gasteiger partial charge on any atom is -0.334 e. The second-order valence-corrected chi connectivity index (χ2v) is 6.56. The molecule has 1 aliphatic carbocycles. The Kier molecular flexibility index (Phi) is 4.00. The van der Waals surface area contributed by atoms with Crippen molar-refractivity contribution >= 4 is 34.1 Å². The summed E-state index contributed by atoms with van der Waals surface area (Å²) in [5.41, 5.74) is 3.88. The minimum atomic E-state index is -0.581. The molecule has 0 saturated heterocycles. The first kappa shape index (κ1) is 17.0. The van der Waals surface area contributed by atoms with Crippen LogP contribution in [-0.4, -0.2) is 17.7 Å². The molecule has 1 amide bonds. The van der Waals surface area contributed by atoms with E-state index in [9.17, 15) is 14.4 Å². The maximum atomic E-state index is 13.1. The topological polar surface area (TPSA) is 63.7 Å². The molecule has 0 radical (unpaired) electrons. The van der Waals surface area contributed by atoms with Crippen LogP contribution in [0, 0.1) is 0 Å². The van der Waals surface area contributed by atoms with Crippen LogP contribution in [0.2, 0.25) is 0 Å². The molecule has 0 fully saturated rings. The normalized spacial score (nSPS) is 12.3. The molecule has 0 N–H and O–H groups in total. The SMILES string of the molecule is CC(=O)ON(C(C)=O)c1ccc2c3c(ccc2c1)Cc1ccccc1C3=O. The van der Waals surface area contributed by atoms with E-state index in [1.54, 1.807) is 18.2 Å². The summed E-state index contributed by atoms with van der Waals surface area (Å²) in [7, 11) is 0. The van der Waals surface area contributed by atoms with E-state index in [1.807, 2.05) is 36.4 Å². The van der Waals surface area contributed by atoms with Gasteiger partial charge in [0.15, 0.2) is 5.78 Å². The van der Waals surface area contributed by atoms with E-state index in [0.29, 0.717) is 17.7 Å². The standard InChI is InChI=1S/C22H17NO4/c1-13(24)23(27-14(2)25)18-9-10-19-16(12-18)7-8-17-11-15-5-3-4-6-20(15)22(26)21(17)19/h3-10,12H,11H2,1-2H3. The number of hydroxylamine groups is 1. The zero-order valence-electron chi connectivity index (χ0n) is 15.0. The fraction of sp³-hybridized carbons (Fsp3) is 0.136. The summed E-state index contributed by atoms with van der Waals surface area (Å²) >= 11 is 0. The first-order chi connectivity index (χ1) is 13.0. The van der Waals surface area contributed by atoms with E-state index in [0.717, 1.165) is 32.5 Å². The molecule has 0 aliphatic heterocycles. The van der Waals surface area contributed by atoms with E-state index in [4.69, 9.17) is 4.84 Å². The number of anilines is 1. The van der Waals surface area contributed by atoms with Crippen molar-refractivity contribution in [1.82, 2.24) is 0 Å². The third-order valence-corrected chi connectivity index (χ3v) is 4.70. The van der Waals surface area contributed by atoms with Crippen molar-refractivity contribution in [2.75, 3.05) is 5.06 Å². The number of rotatable bonds is 1. The van der Waals surface area contributed by atoms with Gasteiger partial charge in [-0.3, -0.25) is 9.59 Å². The van der Waals surface area contributed by atoms with E-state index < -0.39 is 11.9 Å². The van der Waals surface area contributed by atoms with Gasteiger partial charge in [0, 0.05) is 25.0 Å². The van der Waals surface area contributed by atoms with Crippen LogP contribution < -0.4 is 5.06 Å². The number of carbonyl (C=O) groups is 3. The fourth-order valence-corrected chi connectivity index (χ4v) is 3.57. The summed E-state index contributed by atoms with van der Waals surface area (Å²) in [5.74, 6) is -0.983. The molecular weight excluding hydrogens is 342 g/mol. The molecule has 1 aliphatic rings. The molecule has 0 spiro atoms. The number of fused-ring (bicyclic) bond motifs is 4. The van der Waals surface area contributed by atoms with Crippen molar-refractivity contribution in [3.63, 3.8) is 0 Å². The van der Waals surface area contributed by atoms with Gasteiger partial charge in [0.2, 0.25) is 0 Å². The first-order valence-electron chi connectivity index (χ1n) is 8.63. The lowest BCUT2D eigenvalue weighted by molar-refractivity contribution is -0.147. The molecule has 0 unspecified atom stereocenters. The van der Waals surface area contributed by atoms with Crippen LogP contribution in [0.5, 0.6) is 0 Å². The Morgan fingerprint density at radius 3 is 2.48 bits per heavy atom. The lowest BCUT2D eigenvalue weighted by Gasteiger charge is -2.22. The Hall–Kier alpha value is -3.47. The van der Waals surface area contributed by atoms with Gasteiger partial charge in [-0.15, -0.1) is 5.06 Å². The molecular formula is C22H17NO4. The van der Waals surface area contributed by atoms with Crippen LogP contribution in [0.1, 0.15) is 40.9 Å². The maximum Gasteiger partial charge on any atom is 0.330 e. The lowest BCUT2D eigenvalue weighted by Crippen LogP contribution is -2.30. The average Bonchev–Trinajstić information content (AvgIpc) is 2.65. The monoisotopic (exact) mass is 359 g/mol. The van der Waals surface area contributed by atoms with E-state index >= 15 is 0 Å².